The summed E-state index contributed by atoms with van der Waals surface area (Å²) in [4.78, 5) is 24.3. The van der Waals surface area contributed by atoms with E-state index in [2.05, 4.69) is 26.6 Å². The van der Waals surface area contributed by atoms with Gasteiger partial charge in [0.2, 0.25) is 0 Å². The SMILES string of the molecule is CCOc1ccc(C2NC(=O)NC(C)=C2C(=O)OC(C)C)cc1Br. The summed E-state index contributed by atoms with van der Waals surface area (Å²) < 4.78 is 11.6. The predicted octanol–water partition coefficient (Wildman–Crippen LogP) is 3.43. The molecule has 6 nitrogen and oxygen atoms in total. The average Bonchev–Trinajstić information content (AvgIpc) is 2.47. The standard InChI is InChI=1S/C17H21BrN2O4/c1-5-23-13-7-6-11(8-12(13)18)15-14(16(21)24-9(2)3)10(4)19-17(22)20-15/h6-9,15H,5H2,1-4H3,(H2,19,20,22). The second kappa shape index (κ2) is 7.70. The van der Waals surface area contributed by atoms with Crippen LogP contribution in [0.1, 0.15) is 39.3 Å². The van der Waals surface area contributed by atoms with Crippen LogP contribution in [0.25, 0.3) is 0 Å². The van der Waals surface area contributed by atoms with Crippen molar-refractivity contribution in [2.75, 3.05) is 6.61 Å². The number of carbonyl (C=O) groups excluding carboxylic acids is 2. The van der Waals surface area contributed by atoms with Crippen LogP contribution in [0.4, 0.5) is 4.79 Å². The first-order chi connectivity index (χ1) is 11.3. The molecule has 24 heavy (non-hydrogen) atoms. The van der Waals surface area contributed by atoms with E-state index in [9.17, 15) is 9.59 Å². The molecule has 1 unspecified atom stereocenters. The zero-order valence-corrected chi connectivity index (χ0v) is 15.7. The molecule has 0 saturated heterocycles. The van der Waals surface area contributed by atoms with Gasteiger partial charge in [0.1, 0.15) is 5.75 Å². The Labute approximate surface area is 149 Å². The number of nitrogens with one attached hydrogen (secondary N) is 2. The molecule has 2 amide bonds. The number of benzene rings is 1. The Kier molecular flexibility index (Phi) is 5.88. The fourth-order valence-electron chi connectivity index (χ4n) is 2.46. The van der Waals surface area contributed by atoms with E-state index in [1.807, 2.05) is 19.1 Å². The third-order valence-electron chi connectivity index (χ3n) is 3.42. The van der Waals surface area contributed by atoms with E-state index in [1.165, 1.54) is 0 Å². The molecular weight excluding hydrogens is 376 g/mol. The molecule has 1 aliphatic heterocycles. The van der Waals surface area contributed by atoms with Crippen LogP contribution in [0.15, 0.2) is 33.9 Å². The molecule has 0 fully saturated rings. The minimum absolute atomic E-state index is 0.247. The Hall–Kier alpha value is -2.02. The Balaban J connectivity index is 2.41. The number of esters is 1. The smallest absolute Gasteiger partial charge is 0.338 e. The van der Waals surface area contributed by atoms with Crippen LogP contribution < -0.4 is 15.4 Å². The maximum Gasteiger partial charge on any atom is 0.338 e. The Morgan fingerprint density at radius 1 is 1.38 bits per heavy atom. The lowest BCUT2D eigenvalue weighted by Gasteiger charge is -2.28. The average molecular weight is 397 g/mol. The van der Waals surface area contributed by atoms with Gasteiger partial charge < -0.3 is 20.1 Å². The van der Waals surface area contributed by atoms with Gasteiger partial charge >= 0.3 is 12.0 Å². The Morgan fingerprint density at radius 3 is 2.67 bits per heavy atom. The minimum atomic E-state index is -0.586. The molecule has 0 aromatic heterocycles. The number of rotatable bonds is 5. The molecule has 130 valence electrons. The fourth-order valence-corrected chi connectivity index (χ4v) is 2.97. The summed E-state index contributed by atoms with van der Waals surface area (Å²) >= 11 is 3.46. The number of ether oxygens (including phenoxy) is 2. The van der Waals surface area contributed by atoms with Crippen molar-refractivity contribution < 1.29 is 19.1 Å². The highest BCUT2D eigenvalue weighted by Crippen LogP contribution is 2.33. The number of urea groups is 1. The summed E-state index contributed by atoms with van der Waals surface area (Å²) in [5, 5.41) is 5.40. The monoisotopic (exact) mass is 396 g/mol. The van der Waals surface area contributed by atoms with Crippen molar-refractivity contribution >= 4 is 27.9 Å². The van der Waals surface area contributed by atoms with Crippen molar-refractivity contribution in [2.45, 2.75) is 39.8 Å². The highest BCUT2D eigenvalue weighted by atomic mass is 79.9. The first kappa shape index (κ1) is 18.3. The topological polar surface area (TPSA) is 76.7 Å². The molecule has 1 heterocycles. The summed E-state index contributed by atoms with van der Waals surface area (Å²) in [6.45, 7) is 7.70. The molecule has 0 aliphatic carbocycles. The molecule has 1 aromatic rings. The minimum Gasteiger partial charge on any atom is -0.493 e. The van der Waals surface area contributed by atoms with E-state index >= 15 is 0 Å². The van der Waals surface area contributed by atoms with Crippen molar-refractivity contribution in [3.05, 3.63) is 39.5 Å². The van der Waals surface area contributed by atoms with Gasteiger partial charge in [-0.3, -0.25) is 0 Å². The Morgan fingerprint density at radius 2 is 2.08 bits per heavy atom. The largest absolute Gasteiger partial charge is 0.493 e. The summed E-state index contributed by atoms with van der Waals surface area (Å²) in [5.41, 5.74) is 1.63. The lowest BCUT2D eigenvalue weighted by Crippen LogP contribution is -2.45. The molecule has 7 heteroatoms. The number of amides is 2. The maximum atomic E-state index is 12.5. The van der Waals surface area contributed by atoms with Crippen LogP contribution >= 0.6 is 15.9 Å². The van der Waals surface area contributed by atoms with Gasteiger partial charge in [0, 0.05) is 5.70 Å². The van der Waals surface area contributed by atoms with Crippen molar-refractivity contribution in [3.8, 4) is 5.75 Å². The lowest BCUT2D eigenvalue weighted by atomic mass is 9.95. The number of hydrogen-bond donors (Lipinski definition) is 2. The van der Waals surface area contributed by atoms with E-state index in [4.69, 9.17) is 9.47 Å². The van der Waals surface area contributed by atoms with Crippen LogP contribution in [-0.2, 0) is 9.53 Å². The summed E-state index contributed by atoms with van der Waals surface area (Å²) in [5.74, 6) is 0.249. The zero-order chi connectivity index (χ0) is 17.9. The molecule has 1 atom stereocenters. The highest BCUT2D eigenvalue weighted by molar-refractivity contribution is 9.10. The van der Waals surface area contributed by atoms with Gasteiger partial charge in [-0.15, -0.1) is 0 Å². The van der Waals surface area contributed by atoms with E-state index in [0.29, 0.717) is 23.6 Å². The number of halogens is 1. The highest BCUT2D eigenvalue weighted by Gasteiger charge is 2.32. The molecule has 2 N–H and O–H groups in total. The van der Waals surface area contributed by atoms with Crippen LogP contribution in [0.2, 0.25) is 0 Å². The van der Waals surface area contributed by atoms with Gasteiger partial charge in [-0.05, 0) is 61.3 Å². The van der Waals surface area contributed by atoms with Crippen LogP contribution in [0.5, 0.6) is 5.75 Å². The predicted molar refractivity (Wildman–Crippen MR) is 93.6 cm³/mol. The number of carbonyl (C=O) groups is 2. The van der Waals surface area contributed by atoms with Crippen molar-refractivity contribution in [3.63, 3.8) is 0 Å². The van der Waals surface area contributed by atoms with Crippen LogP contribution in [0, 0.1) is 0 Å². The second-order valence-electron chi connectivity index (χ2n) is 5.65. The summed E-state index contributed by atoms with van der Waals surface area (Å²) in [6, 6.07) is 4.51. The third-order valence-corrected chi connectivity index (χ3v) is 4.04. The molecular formula is C17H21BrN2O4. The maximum absolute atomic E-state index is 12.5. The van der Waals surface area contributed by atoms with Gasteiger partial charge in [0.15, 0.2) is 0 Å². The molecule has 0 bridgehead atoms. The van der Waals surface area contributed by atoms with Crippen molar-refractivity contribution in [2.24, 2.45) is 0 Å². The van der Waals surface area contributed by atoms with Crippen molar-refractivity contribution in [1.29, 1.82) is 0 Å². The molecule has 0 radical (unpaired) electrons. The van der Waals surface area contributed by atoms with E-state index in [-0.39, 0.29) is 12.1 Å². The normalized spacial score (nSPS) is 17.4. The van der Waals surface area contributed by atoms with Gasteiger partial charge in [-0.25, -0.2) is 9.59 Å². The fraction of sp³-hybridized carbons (Fsp3) is 0.412. The molecule has 0 spiro atoms. The zero-order valence-electron chi connectivity index (χ0n) is 14.1. The Bertz CT molecular complexity index is 685. The van der Waals surface area contributed by atoms with E-state index < -0.39 is 12.0 Å². The molecule has 0 saturated carbocycles. The lowest BCUT2D eigenvalue weighted by molar-refractivity contribution is -0.143. The summed E-state index contributed by atoms with van der Waals surface area (Å²) in [7, 11) is 0. The molecule has 1 aliphatic rings. The van der Waals surface area contributed by atoms with E-state index in [1.54, 1.807) is 26.8 Å². The van der Waals surface area contributed by atoms with Crippen molar-refractivity contribution in [1.82, 2.24) is 10.6 Å². The number of allylic oxidation sites excluding steroid dienone is 1. The van der Waals surface area contributed by atoms with Crippen LogP contribution in [-0.4, -0.2) is 24.7 Å². The first-order valence-electron chi connectivity index (χ1n) is 7.75. The second-order valence-corrected chi connectivity index (χ2v) is 6.50. The quantitative estimate of drug-likeness (QED) is 0.747. The molecule has 2 rings (SSSR count). The van der Waals surface area contributed by atoms with Gasteiger partial charge in [0.05, 0.1) is 28.8 Å². The van der Waals surface area contributed by atoms with E-state index in [0.717, 1.165) is 10.0 Å². The third kappa shape index (κ3) is 4.08. The van der Waals surface area contributed by atoms with Gasteiger partial charge in [-0.1, -0.05) is 6.07 Å². The molecule has 1 aromatic carbocycles. The summed E-state index contributed by atoms with van der Waals surface area (Å²) in [6.07, 6.45) is -0.247. The first-order valence-corrected chi connectivity index (χ1v) is 8.54. The number of hydrogen-bond acceptors (Lipinski definition) is 4. The van der Waals surface area contributed by atoms with Gasteiger partial charge in [-0.2, -0.15) is 0 Å². The van der Waals surface area contributed by atoms with Gasteiger partial charge in [0.25, 0.3) is 0 Å². The van der Waals surface area contributed by atoms with Crippen LogP contribution in [0.3, 0.4) is 0 Å².